The Morgan fingerprint density at radius 2 is 2.00 bits per heavy atom. The third kappa shape index (κ3) is 3.40. The highest BCUT2D eigenvalue weighted by molar-refractivity contribution is 9.10. The molecule has 0 aliphatic carbocycles. The van der Waals surface area contributed by atoms with E-state index < -0.39 is 0 Å². The minimum Gasteiger partial charge on any atom is -0.370 e. The Labute approximate surface area is 93.6 Å². The van der Waals surface area contributed by atoms with Crippen molar-refractivity contribution in [2.24, 2.45) is 5.73 Å². The molecule has 0 aliphatic rings. The third-order valence-corrected chi connectivity index (χ3v) is 2.84. The Hall–Kier alpha value is -0.380. The number of rotatable bonds is 4. The van der Waals surface area contributed by atoms with Gasteiger partial charge in [0, 0.05) is 11.0 Å². The summed E-state index contributed by atoms with van der Waals surface area (Å²) in [7, 11) is 0. The molecule has 78 valence electrons. The molecule has 0 fully saturated rings. The second-order valence-electron chi connectivity index (χ2n) is 3.84. The number of nitrogens with two attached hydrogens (primary N) is 1. The summed E-state index contributed by atoms with van der Waals surface area (Å²) in [5.74, 6) is 0. The van der Waals surface area contributed by atoms with E-state index in [1.54, 1.807) is 0 Å². The van der Waals surface area contributed by atoms with Gasteiger partial charge in [0.25, 0.3) is 0 Å². The van der Waals surface area contributed by atoms with Gasteiger partial charge >= 0.3 is 0 Å². The molecule has 0 aromatic heterocycles. The van der Waals surface area contributed by atoms with Crippen molar-refractivity contribution in [3.05, 3.63) is 34.3 Å². The fourth-order valence-corrected chi connectivity index (χ4v) is 1.35. The SMILES string of the molecule is CC(C)(CN)OCc1ccccc1Br. The molecule has 0 amide bonds. The molecule has 0 saturated heterocycles. The van der Waals surface area contributed by atoms with Crippen LogP contribution in [0.1, 0.15) is 19.4 Å². The summed E-state index contributed by atoms with van der Waals surface area (Å²) in [6, 6.07) is 8.03. The van der Waals surface area contributed by atoms with Crippen LogP contribution in [0.5, 0.6) is 0 Å². The Morgan fingerprint density at radius 3 is 2.57 bits per heavy atom. The number of ether oxygens (including phenoxy) is 1. The predicted molar refractivity (Wildman–Crippen MR) is 62.1 cm³/mol. The van der Waals surface area contributed by atoms with E-state index in [2.05, 4.69) is 15.9 Å². The van der Waals surface area contributed by atoms with Crippen molar-refractivity contribution >= 4 is 15.9 Å². The second kappa shape index (κ2) is 4.91. The molecule has 0 saturated carbocycles. The smallest absolute Gasteiger partial charge is 0.0752 e. The molecule has 0 radical (unpaired) electrons. The summed E-state index contributed by atoms with van der Waals surface area (Å²) in [6.07, 6.45) is 0. The molecule has 2 nitrogen and oxygen atoms in total. The van der Waals surface area contributed by atoms with Crippen molar-refractivity contribution < 1.29 is 4.74 Å². The quantitative estimate of drug-likeness (QED) is 0.901. The van der Waals surface area contributed by atoms with Crippen LogP contribution >= 0.6 is 15.9 Å². The van der Waals surface area contributed by atoms with Crippen molar-refractivity contribution in [2.45, 2.75) is 26.1 Å². The van der Waals surface area contributed by atoms with E-state index in [0.29, 0.717) is 13.2 Å². The van der Waals surface area contributed by atoms with Gasteiger partial charge in [0.2, 0.25) is 0 Å². The first-order valence-corrected chi connectivity index (χ1v) is 5.42. The van der Waals surface area contributed by atoms with Crippen LogP contribution < -0.4 is 5.73 Å². The summed E-state index contributed by atoms with van der Waals surface area (Å²) in [5.41, 5.74) is 6.46. The molecule has 3 heteroatoms. The van der Waals surface area contributed by atoms with Crippen LogP contribution in [0.4, 0.5) is 0 Å². The van der Waals surface area contributed by atoms with Crippen molar-refractivity contribution in [3.63, 3.8) is 0 Å². The second-order valence-corrected chi connectivity index (χ2v) is 4.70. The number of halogens is 1. The van der Waals surface area contributed by atoms with Crippen LogP contribution in [0.2, 0.25) is 0 Å². The molecule has 0 heterocycles. The molecule has 14 heavy (non-hydrogen) atoms. The van der Waals surface area contributed by atoms with Crippen LogP contribution in [0.3, 0.4) is 0 Å². The van der Waals surface area contributed by atoms with E-state index in [1.807, 2.05) is 38.1 Å². The monoisotopic (exact) mass is 257 g/mol. The first-order chi connectivity index (χ1) is 6.55. The normalized spacial score (nSPS) is 11.7. The average Bonchev–Trinajstić information content (AvgIpc) is 2.17. The summed E-state index contributed by atoms with van der Waals surface area (Å²) in [4.78, 5) is 0. The van der Waals surface area contributed by atoms with E-state index in [1.165, 1.54) is 0 Å². The molecular weight excluding hydrogens is 242 g/mol. The van der Waals surface area contributed by atoms with Gasteiger partial charge in [-0.25, -0.2) is 0 Å². The summed E-state index contributed by atoms with van der Waals surface area (Å²) < 4.78 is 6.77. The lowest BCUT2D eigenvalue weighted by Gasteiger charge is -2.23. The third-order valence-electron chi connectivity index (χ3n) is 2.07. The Morgan fingerprint density at radius 1 is 1.36 bits per heavy atom. The molecule has 1 aromatic rings. The fraction of sp³-hybridized carbons (Fsp3) is 0.455. The summed E-state index contributed by atoms with van der Waals surface area (Å²) >= 11 is 3.47. The minimum atomic E-state index is -0.255. The van der Waals surface area contributed by atoms with Gasteiger partial charge in [0.1, 0.15) is 0 Å². The molecule has 0 unspecified atom stereocenters. The van der Waals surface area contributed by atoms with Crippen LogP contribution in [0.25, 0.3) is 0 Å². The van der Waals surface area contributed by atoms with E-state index in [9.17, 15) is 0 Å². The van der Waals surface area contributed by atoms with Gasteiger partial charge in [-0.2, -0.15) is 0 Å². The van der Waals surface area contributed by atoms with Gasteiger partial charge in [0.15, 0.2) is 0 Å². The van der Waals surface area contributed by atoms with Crippen LogP contribution in [0.15, 0.2) is 28.7 Å². The van der Waals surface area contributed by atoms with Gasteiger partial charge < -0.3 is 10.5 Å². The number of hydrogen-bond acceptors (Lipinski definition) is 2. The number of hydrogen-bond donors (Lipinski definition) is 1. The van der Waals surface area contributed by atoms with Gasteiger partial charge in [-0.1, -0.05) is 34.1 Å². The maximum Gasteiger partial charge on any atom is 0.0752 e. The zero-order valence-corrected chi connectivity index (χ0v) is 10.2. The highest BCUT2D eigenvalue weighted by atomic mass is 79.9. The molecule has 0 bridgehead atoms. The summed E-state index contributed by atoms with van der Waals surface area (Å²) in [6.45, 7) is 5.09. The minimum absolute atomic E-state index is 0.255. The molecular formula is C11H16BrNO. The fourth-order valence-electron chi connectivity index (χ4n) is 0.947. The molecule has 0 spiro atoms. The maximum atomic E-state index is 5.69. The highest BCUT2D eigenvalue weighted by Gasteiger charge is 2.15. The first-order valence-electron chi connectivity index (χ1n) is 4.62. The van der Waals surface area contributed by atoms with Crippen molar-refractivity contribution in [1.82, 2.24) is 0 Å². The molecule has 1 rings (SSSR count). The standard InChI is InChI=1S/C11H16BrNO/c1-11(2,8-13)14-7-9-5-3-4-6-10(9)12/h3-6H,7-8,13H2,1-2H3. The zero-order valence-electron chi connectivity index (χ0n) is 8.59. The predicted octanol–water partition coefficient (Wildman–Crippen LogP) is 2.70. The highest BCUT2D eigenvalue weighted by Crippen LogP contribution is 2.19. The van der Waals surface area contributed by atoms with Gasteiger partial charge in [-0.05, 0) is 25.5 Å². The largest absolute Gasteiger partial charge is 0.370 e. The van der Waals surface area contributed by atoms with Gasteiger partial charge in [0.05, 0.1) is 12.2 Å². The van der Waals surface area contributed by atoms with Crippen molar-refractivity contribution in [1.29, 1.82) is 0 Å². The van der Waals surface area contributed by atoms with Crippen LogP contribution in [-0.2, 0) is 11.3 Å². The molecule has 2 N–H and O–H groups in total. The Balaban J connectivity index is 2.58. The first kappa shape index (κ1) is 11.7. The lowest BCUT2D eigenvalue weighted by Crippen LogP contribution is -2.33. The van der Waals surface area contributed by atoms with E-state index in [-0.39, 0.29) is 5.60 Å². The van der Waals surface area contributed by atoms with Gasteiger partial charge in [-0.3, -0.25) is 0 Å². The molecule has 0 atom stereocenters. The number of benzene rings is 1. The lowest BCUT2D eigenvalue weighted by atomic mass is 10.1. The maximum absolute atomic E-state index is 5.69. The van der Waals surface area contributed by atoms with Crippen molar-refractivity contribution in [3.8, 4) is 0 Å². The topological polar surface area (TPSA) is 35.2 Å². The van der Waals surface area contributed by atoms with E-state index in [4.69, 9.17) is 10.5 Å². The van der Waals surface area contributed by atoms with E-state index in [0.717, 1.165) is 10.0 Å². The summed E-state index contributed by atoms with van der Waals surface area (Å²) in [5, 5.41) is 0. The van der Waals surface area contributed by atoms with Crippen LogP contribution in [0, 0.1) is 0 Å². The van der Waals surface area contributed by atoms with Crippen LogP contribution in [-0.4, -0.2) is 12.1 Å². The molecule has 1 aromatic carbocycles. The molecule has 0 aliphatic heterocycles. The lowest BCUT2D eigenvalue weighted by molar-refractivity contribution is -0.0224. The van der Waals surface area contributed by atoms with E-state index >= 15 is 0 Å². The Kier molecular flexibility index (Phi) is 4.11. The average molecular weight is 258 g/mol. The Bertz CT molecular complexity index is 299. The van der Waals surface area contributed by atoms with Gasteiger partial charge in [-0.15, -0.1) is 0 Å². The zero-order chi connectivity index (χ0) is 10.6. The van der Waals surface area contributed by atoms with Crippen molar-refractivity contribution in [2.75, 3.05) is 6.54 Å².